The Labute approximate surface area is 105 Å². The van der Waals surface area contributed by atoms with Crippen LogP contribution in [-0.2, 0) is 4.74 Å². The number of rotatable bonds is 7. The van der Waals surface area contributed by atoms with Gasteiger partial charge in [0.2, 0.25) is 0 Å². The van der Waals surface area contributed by atoms with E-state index in [4.69, 9.17) is 9.84 Å². The van der Waals surface area contributed by atoms with Crippen molar-refractivity contribution in [2.45, 2.75) is 71.4 Å². The highest BCUT2D eigenvalue weighted by Crippen LogP contribution is 2.10. The minimum Gasteiger partial charge on any atom is -0.444 e. The molecule has 0 saturated carbocycles. The lowest BCUT2D eigenvalue weighted by molar-refractivity contribution is 0.0498. The quantitative estimate of drug-likeness (QED) is 0.678. The molecule has 102 valence electrons. The molecule has 0 heterocycles. The van der Waals surface area contributed by atoms with Crippen molar-refractivity contribution in [3.63, 3.8) is 0 Å². The lowest BCUT2D eigenvalue weighted by Gasteiger charge is -2.23. The Hall–Kier alpha value is -0.770. The molecule has 17 heavy (non-hydrogen) atoms. The minimum atomic E-state index is -0.452. The Kier molecular flexibility index (Phi) is 7.96. The molecule has 0 bridgehead atoms. The Morgan fingerprint density at radius 2 is 1.94 bits per heavy atom. The van der Waals surface area contributed by atoms with Gasteiger partial charge in [-0.3, -0.25) is 0 Å². The maximum Gasteiger partial charge on any atom is 0.407 e. The molecule has 2 N–H and O–H groups in total. The van der Waals surface area contributed by atoms with E-state index in [-0.39, 0.29) is 18.7 Å². The van der Waals surface area contributed by atoms with Crippen molar-refractivity contribution in [1.29, 1.82) is 0 Å². The summed E-state index contributed by atoms with van der Waals surface area (Å²) >= 11 is 0. The third-order valence-electron chi connectivity index (χ3n) is 2.32. The van der Waals surface area contributed by atoms with Crippen LogP contribution in [0.3, 0.4) is 0 Å². The van der Waals surface area contributed by atoms with E-state index in [2.05, 4.69) is 12.2 Å². The van der Waals surface area contributed by atoms with Gasteiger partial charge in [-0.25, -0.2) is 4.79 Å². The maximum absolute atomic E-state index is 11.6. The Morgan fingerprint density at radius 3 is 2.41 bits per heavy atom. The van der Waals surface area contributed by atoms with Crippen LogP contribution in [0, 0.1) is 0 Å². The first-order chi connectivity index (χ1) is 7.89. The summed E-state index contributed by atoms with van der Waals surface area (Å²) in [6.07, 6.45) is 4.24. The summed E-state index contributed by atoms with van der Waals surface area (Å²) in [6.45, 7) is 7.87. The zero-order valence-corrected chi connectivity index (χ0v) is 11.6. The number of aliphatic hydroxyl groups excluding tert-OH is 1. The topological polar surface area (TPSA) is 58.6 Å². The fourth-order valence-electron chi connectivity index (χ4n) is 1.61. The van der Waals surface area contributed by atoms with Crippen LogP contribution in [0.25, 0.3) is 0 Å². The van der Waals surface area contributed by atoms with Crippen molar-refractivity contribution < 1.29 is 14.6 Å². The molecule has 0 aliphatic carbocycles. The standard InChI is InChI=1S/C13H27NO3/c1-5-8-11(9-6-7-10-15)14-12(16)17-13(2,3)4/h11,15H,5-10H2,1-4H3,(H,14,16)/t11-/m0/s1. The fraction of sp³-hybridized carbons (Fsp3) is 0.923. The van der Waals surface area contributed by atoms with Crippen molar-refractivity contribution >= 4 is 6.09 Å². The van der Waals surface area contributed by atoms with E-state index in [0.717, 1.165) is 32.1 Å². The van der Waals surface area contributed by atoms with Crippen LogP contribution in [0.15, 0.2) is 0 Å². The summed E-state index contributed by atoms with van der Waals surface area (Å²) in [5.74, 6) is 0. The number of carbonyl (C=O) groups excluding carboxylic acids is 1. The number of hydrogen-bond acceptors (Lipinski definition) is 3. The molecule has 0 aromatic carbocycles. The van der Waals surface area contributed by atoms with Gasteiger partial charge in [-0.05, 0) is 46.5 Å². The number of ether oxygens (including phenoxy) is 1. The second-order valence-electron chi connectivity index (χ2n) is 5.35. The predicted octanol–water partition coefficient (Wildman–Crippen LogP) is 2.84. The van der Waals surface area contributed by atoms with Crippen LogP contribution in [0.2, 0.25) is 0 Å². The van der Waals surface area contributed by atoms with E-state index in [1.54, 1.807) is 0 Å². The van der Waals surface area contributed by atoms with E-state index in [0.29, 0.717) is 0 Å². The molecule has 0 unspecified atom stereocenters. The van der Waals surface area contributed by atoms with Gasteiger partial charge in [0.1, 0.15) is 5.60 Å². The van der Waals surface area contributed by atoms with Gasteiger partial charge in [0.15, 0.2) is 0 Å². The SMILES string of the molecule is CCC[C@@H](CCCCO)NC(=O)OC(C)(C)C. The summed E-state index contributed by atoms with van der Waals surface area (Å²) in [7, 11) is 0. The van der Waals surface area contributed by atoms with Crippen molar-refractivity contribution in [2.24, 2.45) is 0 Å². The Bertz CT molecular complexity index is 211. The average molecular weight is 245 g/mol. The van der Waals surface area contributed by atoms with Gasteiger partial charge in [0, 0.05) is 12.6 Å². The van der Waals surface area contributed by atoms with E-state index in [1.807, 2.05) is 20.8 Å². The van der Waals surface area contributed by atoms with Gasteiger partial charge in [-0.2, -0.15) is 0 Å². The fourth-order valence-corrected chi connectivity index (χ4v) is 1.61. The highest BCUT2D eigenvalue weighted by Gasteiger charge is 2.18. The second-order valence-corrected chi connectivity index (χ2v) is 5.35. The molecule has 0 spiro atoms. The summed E-state index contributed by atoms with van der Waals surface area (Å²) in [5.41, 5.74) is -0.452. The molecule has 1 atom stereocenters. The van der Waals surface area contributed by atoms with Crippen LogP contribution in [0.1, 0.15) is 59.8 Å². The second kappa shape index (κ2) is 8.34. The molecule has 0 rings (SSSR count). The van der Waals surface area contributed by atoms with E-state index >= 15 is 0 Å². The summed E-state index contributed by atoms with van der Waals surface area (Å²) in [4.78, 5) is 11.6. The molecule has 0 saturated heterocycles. The third-order valence-corrected chi connectivity index (χ3v) is 2.32. The van der Waals surface area contributed by atoms with Crippen molar-refractivity contribution in [3.05, 3.63) is 0 Å². The molecule has 4 nitrogen and oxygen atoms in total. The third kappa shape index (κ3) is 10.1. The van der Waals surface area contributed by atoms with Gasteiger partial charge in [-0.1, -0.05) is 13.3 Å². The van der Waals surface area contributed by atoms with Gasteiger partial charge >= 0.3 is 6.09 Å². The van der Waals surface area contributed by atoms with Gasteiger partial charge in [0.05, 0.1) is 0 Å². The molecule has 0 radical (unpaired) electrons. The van der Waals surface area contributed by atoms with E-state index in [1.165, 1.54) is 0 Å². The molecule has 0 fully saturated rings. The average Bonchev–Trinajstić information content (AvgIpc) is 2.15. The Morgan fingerprint density at radius 1 is 1.29 bits per heavy atom. The van der Waals surface area contributed by atoms with Gasteiger partial charge in [0.25, 0.3) is 0 Å². The number of carbonyl (C=O) groups is 1. The van der Waals surface area contributed by atoms with Crippen molar-refractivity contribution in [2.75, 3.05) is 6.61 Å². The summed E-state index contributed by atoms with van der Waals surface area (Å²) < 4.78 is 5.22. The molecule has 0 aliphatic heterocycles. The van der Waals surface area contributed by atoms with Crippen LogP contribution in [-0.4, -0.2) is 29.4 Å². The number of hydrogen-bond donors (Lipinski definition) is 2. The monoisotopic (exact) mass is 245 g/mol. The molecule has 1 amide bonds. The number of alkyl carbamates (subject to hydrolysis) is 1. The first kappa shape index (κ1) is 16.2. The molecule has 4 heteroatoms. The summed E-state index contributed by atoms with van der Waals surface area (Å²) in [5, 5.41) is 11.6. The lowest BCUT2D eigenvalue weighted by atomic mass is 10.1. The van der Waals surface area contributed by atoms with E-state index < -0.39 is 5.60 Å². The number of amides is 1. The predicted molar refractivity (Wildman–Crippen MR) is 69.0 cm³/mol. The number of aliphatic hydroxyl groups is 1. The van der Waals surface area contributed by atoms with Crippen LogP contribution < -0.4 is 5.32 Å². The summed E-state index contributed by atoms with van der Waals surface area (Å²) in [6, 6.07) is 0.154. The van der Waals surface area contributed by atoms with Crippen molar-refractivity contribution in [1.82, 2.24) is 5.32 Å². The molecular weight excluding hydrogens is 218 g/mol. The lowest BCUT2D eigenvalue weighted by Crippen LogP contribution is -2.39. The molecule has 0 aromatic rings. The normalized spacial score (nSPS) is 13.2. The number of nitrogens with one attached hydrogen (secondary N) is 1. The molecule has 0 aromatic heterocycles. The number of unbranched alkanes of at least 4 members (excludes halogenated alkanes) is 1. The van der Waals surface area contributed by atoms with Crippen LogP contribution >= 0.6 is 0 Å². The largest absolute Gasteiger partial charge is 0.444 e. The van der Waals surface area contributed by atoms with E-state index in [9.17, 15) is 4.79 Å². The first-order valence-electron chi connectivity index (χ1n) is 6.49. The maximum atomic E-state index is 11.6. The Balaban J connectivity index is 4.01. The van der Waals surface area contributed by atoms with Gasteiger partial charge in [-0.15, -0.1) is 0 Å². The smallest absolute Gasteiger partial charge is 0.407 e. The zero-order valence-electron chi connectivity index (χ0n) is 11.6. The minimum absolute atomic E-state index is 0.154. The highest BCUT2D eigenvalue weighted by atomic mass is 16.6. The van der Waals surface area contributed by atoms with Crippen molar-refractivity contribution in [3.8, 4) is 0 Å². The zero-order chi connectivity index (χ0) is 13.3. The first-order valence-corrected chi connectivity index (χ1v) is 6.49. The molecular formula is C13H27NO3. The van der Waals surface area contributed by atoms with Crippen LogP contribution in [0.5, 0.6) is 0 Å². The van der Waals surface area contributed by atoms with Gasteiger partial charge < -0.3 is 15.2 Å². The highest BCUT2D eigenvalue weighted by molar-refractivity contribution is 5.68. The molecule has 0 aliphatic rings. The van der Waals surface area contributed by atoms with Crippen LogP contribution in [0.4, 0.5) is 4.79 Å².